The van der Waals surface area contributed by atoms with Gasteiger partial charge in [-0.05, 0) is 42.8 Å². The molecule has 0 heterocycles. The lowest BCUT2D eigenvalue weighted by atomic mass is 10.1. The number of anilines is 1. The Kier molecular flexibility index (Phi) is 7.82. The molecule has 0 aliphatic heterocycles. The number of hydrogen-bond acceptors (Lipinski definition) is 3. The van der Waals surface area contributed by atoms with Crippen molar-refractivity contribution in [1.29, 1.82) is 0 Å². The van der Waals surface area contributed by atoms with Gasteiger partial charge in [-0.2, -0.15) is 0 Å². The minimum absolute atomic E-state index is 0.0195. The molecule has 2 aromatic carbocycles. The van der Waals surface area contributed by atoms with E-state index in [1.54, 1.807) is 7.05 Å². The van der Waals surface area contributed by atoms with E-state index in [1.807, 2.05) is 67.4 Å². The fourth-order valence-electron chi connectivity index (χ4n) is 2.75. The molecule has 144 valence electrons. The van der Waals surface area contributed by atoms with E-state index in [4.69, 9.17) is 11.6 Å². The number of carbonyl (C=O) groups excluding carboxylic acids is 2. The highest BCUT2D eigenvalue weighted by molar-refractivity contribution is 6.30. The Morgan fingerprint density at radius 3 is 2.33 bits per heavy atom. The number of likely N-dealkylation sites (N-methyl/N-ethyl adjacent to an activating group) is 2. The van der Waals surface area contributed by atoms with Gasteiger partial charge in [0.25, 0.3) is 0 Å². The van der Waals surface area contributed by atoms with Crippen LogP contribution in [0.4, 0.5) is 5.69 Å². The first-order chi connectivity index (χ1) is 12.9. The van der Waals surface area contributed by atoms with Crippen LogP contribution in [0.25, 0.3) is 0 Å². The summed E-state index contributed by atoms with van der Waals surface area (Å²) in [6.45, 7) is 2.92. The SMILES string of the molecule is CCc1ccccc1NC(=O)CN(C)C(=O)CN(C)Cc1ccc(Cl)cc1. The molecule has 1 N–H and O–H groups in total. The highest BCUT2D eigenvalue weighted by atomic mass is 35.5. The molecule has 2 aromatic rings. The van der Waals surface area contributed by atoms with Crippen molar-refractivity contribution in [3.63, 3.8) is 0 Å². The van der Waals surface area contributed by atoms with Crippen molar-refractivity contribution >= 4 is 29.1 Å². The number of nitrogens with zero attached hydrogens (tertiary/aromatic N) is 2. The molecule has 5 nitrogen and oxygen atoms in total. The molecule has 0 bridgehead atoms. The Morgan fingerprint density at radius 2 is 1.67 bits per heavy atom. The number of benzene rings is 2. The zero-order chi connectivity index (χ0) is 19.8. The molecular weight excluding hydrogens is 362 g/mol. The highest BCUT2D eigenvalue weighted by Gasteiger charge is 2.16. The standard InChI is InChI=1S/C21H26ClN3O2/c1-4-17-7-5-6-8-19(17)23-20(26)14-25(3)21(27)15-24(2)13-16-9-11-18(22)12-10-16/h5-12H,4,13-15H2,1-3H3,(H,23,26). The van der Waals surface area contributed by atoms with E-state index in [1.165, 1.54) is 4.90 Å². The summed E-state index contributed by atoms with van der Waals surface area (Å²) >= 11 is 5.89. The van der Waals surface area contributed by atoms with Gasteiger partial charge in [0, 0.05) is 24.3 Å². The van der Waals surface area contributed by atoms with Gasteiger partial charge in [0.2, 0.25) is 11.8 Å². The van der Waals surface area contributed by atoms with Crippen LogP contribution in [0.2, 0.25) is 5.02 Å². The van der Waals surface area contributed by atoms with E-state index in [-0.39, 0.29) is 24.9 Å². The summed E-state index contributed by atoms with van der Waals surface area (Å²) in [5, 5.41) is 3.57. The van der Waals surface area contributed by atoms with Gasteiger partial charge in [-0.15, -0.1) is 0 Å². The maximum Gasteiger partial charge on any atom is 0.243 e. The first-order valence-electron chi connectivity index (χ1n) is 8.93. The summed E-state index contributed by atoms with van der Waals surface area (Å²) in [7, 11) is 3.52. The van der Waals surface area contributed by atoms with Crippen molar-refractivity contribution in [3.8, 4) is 0 Å². The summed E-state index contributed by atoms with van der Waals surface area (Å²) in [5.74, 6) is -0.308. The zero-order valence-electron chi connectivity index (χ0n) is 16.0. The monoisotopic (exact) mass is 387 g/mol. The average molecular weight is 388 g/mol. The first-order valence-corrected chi connectivity index (χ1v) is 9.31. The van der Waals surface area contributed by atoms with Gasteiger partial charge in [-0.1, -0.05) is 48.9 Å². The first kappa shape index (κ1) is 20.9. The Bertz CT molecular complexity index is 777. The van der Waals surface area contributed by atoms with Gasteiger partial charge in [-0.25, -0.2) is 0 Å². The average Bonchev–Trinajstić information content (AvgIpc) is 2.63. The van der Waals surface area contributed by atoms with Crippen LogP contribution in [-0.2, 0) is 22.6 Å². The predicted molar refractivity (Wildman–Crippen MR) is 110 cm³/mol. The normalized spacial score (nSPS) is 10.7. The van der Waals surface area contributed by atoms with Crippen LogP contribution in [0.5, 0.6) is 0 Å². The van der Waals surface area contributed by atoms with Crippen LogP contribution in [0.3, 0.4) is 0 Å². The minimum Gasteiger partial charge on any atom is -0.335 e. The van der Waals surface area contributed by atoms with Gasteiger partial charge in [0.15, 0.2) is 0 Å². The number of rotatable bonds is 8. The third kappa shape index (κ3) is 6.70. The van der Waals surface area contributed by atoms with Crippen LogP contribution in [0.1, 0.15) is 18.1 Å². The zero-order valence-corrected chi connectivity index (χ0v) is 16.8. The maximum absolute atomic E-state index is 12.4. The molecule has 0 saturated heterocycles. The molecule has 0 aliphatic carbocycles. The van der Waals surface area contributed by atoms with E-state index in [0.29, 0.717) is 11.6 Å². The quantitative estimate of drug-likeness (QED) is 0.755. The summed E-state index contributed by atoms with van der Waals surface area (Å²) in [6.07, 6.45) is 0.834. The molecule has 0 fully saturated rings. The number of aryl methyl sites for hydroxylation is 1. The largest absolute Gasteiger partial charge is 0.335 e. The lowest BCUT2D eigenvalue weighted by molar-refractivity contribution is -0.134. The minimum atomic E-state index is -0.202. The van der Waals surface area contributed by atoms with Crippen LogP contribution < -0.4 is 5.32 Å². The third-order valence-corrected chi connectivity index (χ3v) is 4.50. The number of halogens is 1. The number of carbonyl (C=O) groups is 2. The van der Waals surface area contributed by atoms with Crippen molar-refractivity contribution in [2.75, 3.05) is 32.5 Å². The van der Waals surface area contributed by atoms with Crippen LogP contribution in [0.15, 0.2) is 48.5 Å². The molecule has 27 heavy (non-hydrogen) atoms. The molecule has 0 unspecified atom stereocenters. The van der Waals surface area contributed by atoms with E-state index in [0.717, 1.165) is 23.2 Å². The third-order valence-electron chi connectivity index (χ3n) is 4.25. The Balaban J connectivity index is 1.83. The second-order valence-electron chi connectivity index (χ2n) is 6.61. The van der Waals surface area contributed by atoms with E-state index < -0.39 is 0 Å². The maximum atomic E-state index is 12.4. The van der Waals surface area contributed by atoms with Crippen molar-refractivity contribution < 1.29 is 9.59 Å². The molecule has 0 radical (unpaired) electrons. The Morgan fingerprint density at radius 1 is 1.00 bits per heavy atom. The molecule has 0 atom stereocenters. The Labute approximate surface area is 165 Å². The lowest BCUT2D eigenvalue weighted by Crippen LogP contribution is -2.40. The fourth-order valence-corrected chi connectivity index (χ4v) is 2.88. The summed E-state index contributed by atoms with van der Waals surface area (Å²) in [5.41, 5.74) is 2.94. The van der Waals surface area contributed by atoms with E-state index >= 15 is 0 Å². The van der Waals surface area contributed by atoms with Crippen molar-refractivity contribution in [1.82, 2.24) is 9.80 Å². The molecule has 0 spiro atoms. The molecule has 0 aliphatic rings. The summed E-state index contributed by atoms with van der Waals surface area (Å²) < 4.78 is 0. The second-order valence-corrected chi connectivity index (χ2v) is 7.04. The van der Waals surface area contributed by atoms with Crippen molar-refractivity contribution in [3.05, 3.63) is 64.7 Å². The fraction of sp³-hybridized carbons (Fsp3) is 0.333. The smallest absolute Gasteiger partial charge is 0.243 e. The number of amides is 2. The van der Waals surface area contributed by atoms with Crippen molar-refractivity contribution in [2.24, 2.45) is 0 Å². The second kappa shape index (κ2) is 10.1. The predicted octanol–water partition coefficient (Wildman–Crippen LogP) is 3.43. The lowest BCUT2D eigenvalue weighted by Gasteiger charge is -2.22. The number of nitrogens with one attached hydrogen (secondary N) is 1. The molecule has 0 saturated carbocycles. The summed E-state index contributed by atoms with van der Waals surface area (Å²) in [6, 6.07) is 15.2. The van der Waals surface area contributed by atoms with Crippen molar-refractivity contribution in [2.45, 2.75) is 19.9 Å². The van der Waals surface area contributed by atoms with Crippen LogP contribution in [-0.4, -0.2) is 48.8 Å². The number of para-hydroxylation sites is 1. The van der Waals surface area contributed by atoms with Gasteiger partial charge in [0.05, 0.1) is 13.1 Å². The van der Waals surface area contributed by atoms with Gasteiger partial charge >= 0.3 is 0 Å². The molecule has 2 rings (SSSR count). The number of hydrogen-bond donors (Lipinski definition) is 1. The molecule has 0 aromatic heterocycles. The highest BCUT2D eigenvalue weighted by Crippen LogP contribution is 2.15. The summed E-state index contributed by atoms with van der Waals surface area (Å²) in [4.78, 5) is 28.0. The van der Waals surface area contributed by atoms with E-state index in [2.05, 4.69) is 5.32 Å². The van der Waals surface area contributed by atoms with Crippen LogP contribution in [0, 0.1) is 0 Å². The van der Waals surface area contributed by atoms with Crippen LogP contribution >= 0.6 is 11.6 Å². The Hall–Kier alpha value is -2.37. The topological polar surface area (TPSA) is 52.7 Å². The van der Waals surface area contributed by atoms with Gasteiger partial charge < -0.3 is 10.2 Å². The van der Waals surface area contributed by atoms with Gasteiger partial charge in [-0.3, -0.25) is 14.5 Å². The van der Waals surface area contributed by atoms with Gasteiger partial charge in [0.1, 0.15) is 0 Å². The molecule has 6 heteroatoms. The van der Waals surface area contributed by atoms with E-state index in [9.17, 15) is 9.59 Å². The molecular formula is C21H26ClN3O2. The molecule has 2 amide bonds.